The Morgan fingerprint density at radius 1 is 1.15 bits per heavy atom. The van der Waals surface area contributed by atoms with Gasteiger partial charge in [-0.1, -0.05) is 19.9 Å². The first-order valence-corrected chi connectivity index (χ1v) is 4.74. The smallest absolute Gasteiger partial charge is 0.250 e. The van der Waals surface area contributed by atoms with E-state index in [-0.39, 0.29) is 11.6 Å². The molecule has 0 amide bonds. The SMILES string of the molecule is CC(C)c1ccc(=O)n(C(C)C)c1. The van der Waals surface area contributed by atoms with Gasteiger partial charge in [0.15, 0.2) is 0 Å². The van der Waals surface area contributed by atoms with Gasteiger partial charge in [0.2, 0.25) is 0 Å². The van der Waals surface area contributed by atoms with Crippen molar-refractivity contribution in [1.29, 1.82) is 0 Å². The van der Waals surface area contributed by atoms with E-state index in [1.807, 2.05) is 26.1 Å². The molecule has 0 radical (unpaired) electrons. The zero-order valence-corrected chi connectivity index (χ0v) is 8.74. The van der Waals surface area contributed by atoms with Crippen LogP contribution in [0.15, 0.2) is 23.1 Å². The van der Waals surface area contributed by atoms with Gasteiger partial charge >= 0.3 is 0 Å². The molecule has 2 heteroatoms. The number of aromatic nitrogens is 1. The van der Waals surface area contributed by atoms with E-state index in [0.717, 1.165) is 0 Å². The van der Waals surface area contributed by atoms with Crippen LogP contribution >= 0.6 is 0 Å². The second-order valence-corrected chi connectivity index (χ2v) is 3.96. The van der Waals surface area contributed by atoms with Gasteiger partial charge in [-0.3, -0.25) is 4.79 Å². The minimum Gasteiger partial charge on any atom is -0.313 e. The second-order valence-electron chi connectivity index (χ2n) is 3.96. The Morgan fingerprint density at radius 2 is 1.77 bits per heavy atom. The first-order chi connectivity index (χ1) is 6.02. The van der Waals surface area contributed by atoms with Crippen LogP contribution in [0.25, 0.3) is 0 Å². The molecule has 72 valence electrons. The molecule has 0 aliphatic rings. The maximum atomic E-state index is 11.4. The monoisotopic (exact) mass is 179 g/mol. The van der Waals surface area contributed by atoms with Gasteiger partial charge in [-0.25, -0.2) is 0 Å². The predicted octanol–water partition coefficient (Wildman–Crippen LogP) is 2.55. The molecular formula is C11H17NO. The molecule has 0 atom stereocenters. The number of rotatable bonds is 2. The van der Waals surface area contributed by atoms with Gasteiger partial charge in [-0.2, -0.15) is 0 Å². The van der Waals surface area contributed by atoms with Crippen molar-refractivity contribution in [2.45, 2.75) is 39.7 Å². The summed E-state index contributed by atoms with van der Waals surface area (Å²) in [5.41, 5.74) is 1.30. The van der Waals surface area contributed by atoms with Crippen LogP contribution in [0.2, 0.25) is 0 Å². The fourth-order valence-electron chi connectivity index (χ4n) is 1.27. The van der Waals surface area contributed by atoms with Crippen molar-refractivity contribution in [2.24, 2.45) is 0 Å². The van der Waals surface area contributed by atoms with Crippen molar-refractivity contribution in [2.75, 3.05) is 0 Å². The average Bonchev–Trinajstić information content (AvgIpc) is 2.04. The second kappa shape index (κ2) is 3.77. The van der Waals surface area contributed by atoms with Crippen LogP contribution in [0.1, 0.15) is 45.2 Å². The van der Waals surface area contributed by atoms with Crippen LogP contribution in [0.3, 0.4) is 0 Å². The highest BCUT2D eigenvalue weighted by Gasteiger charge is 2.04. The summed E-state index contributed by atoms with van der Waals surface area (Å²) in [6, 6.07) is 3.80. The first-order valence-electron chi connectivity index (χ1n) is 4.74. The Morgan fingerprint density at radius 3 is 2.23 bits per heavy atom. The fourth-order valence-corrected chi connectivity index (χ4v) is 1.27. The Hall–Kier alpha value is -1.05. The van der Waals surface area contributed by atoms with E-state index < -0.39 is 0 Å². The molecule has 0 saturated heterocycles. The molecule has 0 aliphatic heterocycles. The molecule has 0 unspecified atom stereocenters. The molecule has 0 aromatic carbocycles. The molecular weight excluding hydrogens is 162 g/mol. The highest BCUT2D eigenvalue weighted by atomic mass is 16.1. The van der Waals surface area contributed by atoms with Gasteiger partial charge in [0, 0.05) is 18.3 Å². The third-order valence-corrected chi connectivity index (χ3v) is 2.18. The van der Waals surface area contributed by atoms with Crippen molar-refractivity contribution < 1.29 is 0 Å². The lowest BCUT2D eigenvalue weighted by Gasteiger charge is -2.12. The molecule has 0 bridgehead atoms. The van der Waals surface area contributed by atoms with Crippen molar-refractivity contribution in [3.63, 3.8) is 0 Å². The highest BCUT2D eigenvalue weighted by molar-refractivity contribution is 5.14. The molecule has 0 fully saturated rings. The molecule has 1 aromatic heterocycles. The van der Waals surface area contributed by atoms with Gasteiger partial charge in [0.05, 0.1) is 0 Å². The maximum absolute atomic E-state index is 11.4. The lowest BCUT2D eigenvalue weighted by molar-refractivity contribution is 0.572. The predicted molar refractivity (Wildman–Crippen MR) is 55.2 cm³/mol. The van der Waals surface area contributed by atoms with Crippen LogP contribution in [0, 0.1) is 0 Å². The van der Waals surface area contributed by atoms with E-state index in [9.17, 15) is 4.79 Å². The van der Waals surface area contributed by atoms with Crippen LogP contribution in [0.4, 0.5) is 0 Å². The molecule has 1 heterocycles. The lowest BCUT2D eigenvalue weighted by atomic mass is 10.1. The Bertz CT molecular complexity index is 336. The maximum Gasteiger partial charge on any atom is 0.250 e. The van der Waals surface area contributed by atoms with Crippen LogP contribution in [-0.2, 0) is 0 Å². The molecule has 1 aromatic rings. The number of hydrogen-bond acceptors (Lipinski definition) is 1. The first kappa shape index (κ1) is 10.0. The minimum atomic E-state index is 0.0828. The summed E-state index contributed by atoms with van der Waals surface area (Å²) in [5, 5.41) is 0. The van der Waals surface area contributed by atoms with E-state index in [2.05, 4.69) is 13.8 Å². The van der Waals surface area contributed by atoms with E-state index in [4.69, 9.17) is 0 Å². The Balaban J connectivity index is 3.19. The third-order valence-electron chi connectivity index (χ3n) is 2.18. The standard InChI is InChI=1S/C11H17NO/c1-8(2)10-5-6-11(13)12(7-10)9(3)4/h5-9H,1-4H3. The highest BCUT2D eigenvalue weighted by Crippen LogP contribution is 2.13. The number of nitrogens with zero attached hydrogens (tertiary/aromatic N) is 1. The zero-order valence-electron chi connectivity index (χ0n) is 8.74. The fraction of sp³-hybridized carbons (Fsp3) is 0.545. The quantitative estimate of drug-likeness (QED) is 0.684. The molecule has 0 aliphatic carbocycles. The van der Waals surface area contributed by atoms with Gasteiger partial charge in [-0.15, -0.1) is 0 Å². The lowest BCUT2D eigenvalue weighted by Crippen LogP contribution is -2.20. The summed E-state index contributed by atoms with van der Waals surface area (Å²) < 4.78 is 1.77. The molecule has 1 rings (SSSR count). The van der Waals surface area contributed by atoms with E-state index in [1.165, 1.54) is 5.56 Å². The molecule has 0 saturated carbocycles. The van der Waals surface area contributed by atoms with Crippen LogP contribution in [-0.4, -0.2) is 4.57 Å². The van der Waals surface area contributed by atoms with Crippen molar-refractivity contribution in [3.8, 4) is 0 Å². The Kier molecular flexibility index (Phi) is 2.91. The normalized spacial score (nSPS) is 11.2. The zero-order chi connectivity index (χ0) is 10.0. The number of pyridine rings is 1. The van der Waals surface area contributed by atoms with E-state index in [1.54, 1.807) is 10.6 Å². The summed E-state index contributed by atoms with van der Waals surface area (Å²) in [6.45, 7) is 8.30. The summed E-state index contributed by atoms with van der Waals surface area (Å²) in [6.07, 6.45) is 1.96. The molecule has 2 nitrogen and oxygen atoms in total. The Labute approximate surface area is 79.2 Å². The summed E-state index contributed by atoms with van der Waals surface area (Å²) >= 11 is 0. The van der Waals surface area contributed by atoms with E-state index >= 15 is 0 Å². The van der Waals surface area contributed by atoms with Crippen LogP contribution < -0.4 is 5.56 Å². The third kappa shape index (κ3) is 2.20. The average molecular weight is 179 g/mol. The summed E-state index contributed by atoms with van der Waals surface area (Å²) in [5.74, 6) is 0.477. The molecule has 13 heavy (non-hydrogen) atoms. The largest absolute Gasteiger partial charge is 0.313 e. The van der Waals surface area contributed by atoms with Crippen molar-refractivity contribution >= 4 is 0 Å². The van der Waals surface area contributed by atoms with Crippen LogP contribution in [0.5, 0.6) is 0 Å². The van der Waals surface area contributed by atoms with Gasteiger partial charge in [0.1, 0.15) is 0 Å². The molecule has 0 spiro atoms. The number of hydrogen-bond donors (Lipinski definition) is 0. The van der Waals surface area contributed by atoms with Crippen molar-refractivity contribution in [1.82, 2.24) is 4.57 Å². The minimum absolute atomic E-state index is 0.0828. The molecule has 0 N–H and O–H groups in total. The summed E-state index contributed by atoms with van der Waals surface area (Å²) in [4.78, 5) is 11.4. The van der Waals surface area contributed by atoms with Gasteiger partial charge in [0.25, 0.3) is 5.56 Å². The van der Waals surface area contributed by atoms with Crippen molar-refractivity contribution in [3.05, 3.63) is 34.2 Å². The van der Waals surface area contributed by atoms with Gasteiger partial charge < -0.3 is 4.57 Å². The van der Waals surface area contributed by atoms with E-state index in [0.29, 0.717) is 5.92 Å². The topological polar surface area (TPSA) is 22.0 Å². The summed E-state index contributed by atoms with van der Waals surface area (Å²) in [7, 11) is 0. The van der Waals surface area contributed by atoms with Gasteiger partial charge in [-0.05, 0) is 25.3 Å².